The van der Waals surface area contributed by atoms with Gasteiger partial charge in [-0.15, -0.1) is 0 Å². The number of carbonyl (C=O) groups is 1. The van der Waals surface area contributed by atoms with E-state index in [0.29, 0.717) is 6.61 Å². The van der Waals surface area contributed by atoms with E-state index < -0.39 is 0 Å². The zero-order valence-electron chi connectivity index (χ0n) is 6.75. The van der Waals surface area contributed by atoms with Crippen molar-refractivity contribution >= 4 is 6.09 Å². The lowest BCUT2D eigenvalue weighted by Gasteiger charge is -2.12. The fraction of sp³-hybridized carbons (Fsp3) is 0.444. The number of alkyl carbamates (subject to hydrolysis) is 1. The van der Waals surface area contributed by atoms with Crippen LogP contribution < -0.4 is 5.32 Å². The van der Waals surface area contributed by atoms with E-state index in [-0.39, 0.29) is 12.1 Å². The van der Waals surface area contributed by atoms with Crippen molar-refractivity contribution in [2.24, 2.45) is 0 Å². The van der Waals surface area contributed by atoms with Crippen LogP contribution in [0, 0.1) is 0 Å². The Balaban J connectivity index is 2.00. The highest BCUT2D eigenvalue weighted by molar-refractivity contribution is 5.70. The Labute approximate surface area is 71.1 Å². The van der Waals surface area contributed by atoms with Gasteiger partial charge in [-0.1, -0.05) is 18.2 Å². The van der Waals surface area contributed by atoms with Gasteiger partial charge in [0.05, 0.1) is 6.04 Å². The first kappa shape index (κ1) is 7.40. The molecule has 1 atom stereocenters. The molecule has 3 nitrogen and oxygen atoms in total. The Hall–Kier alpha value is -1.25. The average Bonchev–Trinajstić information content (AvgIpc) is 2.54. The van der Waals surface area contributed by atoms with E-state index in [0.717, 1.165) is 12.8 Å². The van der Waals surface area contributed by atoms with Crippen LogP contribution in [0.2, 0.25) is 0 Å². The molecule has 1 aliphatic carbocycles. The van der Waals surface area contributed by atoms with Crippen LogP contribution in [0.5, 0.6) is 0 Å². The summed E-state index contributed by atoms with van der Waals surface area (Å²) in [7, 11) is 0. The summed E-state index contributed by atoms with van der Waals surface area (Å²) in [6.07, 6.45) is 8.02. The number of amides is 1. The molecule has 1 N–H and O–H groups in total. The molecule has 2 aliphatic rings. The van der Waals surface area contributed by atoms with Crippen molar-refractivity contribution < 1.29 is 9.53 Å². The highest BCUT2D eigenvalue weighted by Gasteiger charge is 2.24. The lowest BCUT2D eigenvalue weighted by Crippen LogP contribution is -2.28. The maximum atomic E-state index is 10.7. The van der Waals surface area contributed by atoms with Gasteiger partial charge in [0, 0.05) is 0 Å². The van der Waals surface area contributed by atoms with E-state index in [1.54, 1.807) is 0 Å². The SMILES string of the molecule is O=C1N[C@H](C2=CCC=CC2)CO1. The second-order valence-corrected chi connectivity index (χ2v) is 2.99. The van der Waals surface area contributed by atoms with E-state index in [4.69, 9.17) is 4.74 Å². The minimum Gasteiger partial charge on any atom is -0.447 e. The summed E-state index contributed by atoms with van der Waals surface area (Å²) in [6, 6.07) is 0.113. The van der Waals surface area contributed by atoms with Crippen molar-refractivity contribution in [2.45, 2.75) is 18.9 Å². The summed E-state index contributed by atoms with van der Waals surface area (Å²) >= 11 is 0. The van der Waals surface area contributed by atoms with Crippen molar-refractivity contribution in [1.82, 2.24) is 5.32 Å². The molecule has 0 saturated carbocycles. The summed E-state index contributed by atoms with van der Waals surface area (Å²) in [5, 5.41) is 2.76. The van der Waals surface area contributed by atoms with Gasteiger partial charge in [-0.25, -0.2) is 4.79 Å². The number of hydrogen-bond donors (Lipinski definition) is 1. The molecule has 12 heavy (non-hydrogen) atoms. The highest BCUT2D eigenvalue weighted by Crippen LogP contribution is 2.17. The first-order chi connectivity index (χ1) is 5.86. The van der Waals surface area contributed by atoms with Crippen molar-refractivity contribution in [3.05, 3.63) is 23.8 Å². The highest BCUT2D eigenvalue weighted by atomic mass is 16.6. The summed E-state index contributed by atoms with van der Waals surface area (Å²) in [5.41, 5.74) is 1.27. The maximum Gasteiger partial charge on any atom is 0.407 e. The van der Waals surface area contributed by atoms with Crippen LogP contribution in [0.15, 0.2) is 23.8 Å². The molecule has 3 heteroatoms. The normalized spacial score (nSPS) is 27.8. The molecule has 0 aromatic rings. The third-order valence-electron chi connectivity index (χ3n) is 2.16. The molecule has 1 fully saturated rings. The molecule has 2 rings (SSSR count). The monoisotopic (exact) mass is 165 g/mol. The van der Waals surface area contributed by atoms with Gasteiger partial charge in [0.15, 0.2) is 0 Å². The Kier molecular flexibility index (Phi) is 1.86. The molecule has 0 aromatic heterocycles. The number of carbonyl (C=O) groups excluding carboxylic acids is 1. The topological polar surface area (TPSA) is 38.3 Å². The van der Waals surface area contributed by atoms with Gasteiger partial charge in [0.25, 0.3) is 0 Å². The van der Waals surface area contributed by atoms with Crippen molar-refractivity contribution in [1.29, 1.82) is 0 Å². The van der Waals surface area contributed by atoms with E-state index in [1.807, 2.05) is 0 Å². The van der Waals surface area contributed by atoms with Gasteiger partial charge in [-0.05, 0) is 18.4 Å². The van der Waals surface area contributed by atoms with Crippen molar-refractivity contribution in [2.75, 3.05) is 6.61 Å². The lowest BCUT2D eigenvalue weighted by atomic mass is 9.99. The predicted molar refractivity (Wildman–Crippen MR) is 44.7 cm³/mol. The quantitative estimate of drug-likeness (QED) is 0.596. The molecule has 1 heterocycles. The second kappa shape index (κ2) is 3.01. The molecular weight excluding hydrogens is 154 g/mol. The van der Waals surface area contributed by atoms with Gasteiger partial charge in [-0.2, -0.15) is 0 Å². The molecule has 64 valence electrons. The van der Waals surface area contributed by atoms with Crippen LogP contribution in [0.3, 0.4) is 0 Å². The van der Waals surface area contributed by atoms with E-state index in [2.05, 4.69) is 23.5 Å². The van der Waals surface area contributed by atoms with Gasteiger partial charge < -0.3 is 10.1 Å². The Morgan fingerprint density at radius 2 is 2.42 bits per heavy atom. The zero-order chi connectivity index (χ0) is 8.39. The van der Waals surface area contributed by atoms with Gasteiger partial charge >= 0.3 is 6.09 Å². The zero-order valence-corrected chi connectivity index (χ0v) is 6.75. The molecule has 1 amide bonds. The van der Waals surface area contributed by atoms with Gasteiger partial charge in [0.2, 0.25) is 0 Å². The Bertz CT molecular complexity index is 255. The van der Waals surface area contributed by atoms with Crippen LogP contribution >= 0.6 is 0 Å². The average molecular weight is 165 g/mol. The Morgan fingerprint density at radius 3 is 3.00 bits per heavy atom. The smallest absolute Gasteiger partial charge is 0.407 e. The minimum atomic E-state index is -0.296. The fourth-order valence-electron chi connectivity index (χ4n) is 1.49. The van der Waals surface area contributed by atoms with Crippen molar-refractivity contribution in [3.63, 3.8) is 0 Å². The Morgan fingerprint density at radius 1 is 1.50 bits per heavy atom. The van der Waals surface area contributed by atoms with Crippen LogP contribution in [0.1, 0.15) is 12.8 Å². The fourth-order valence-corrected chi connectivity index (χ4v) is 1.49. The van der Waals surface area contributed by atoms with E-state index in [1.165, 1.54) is 5.57 Å². The first-order valence-electron chi connectivity index (χ1n) is 4.13. The molecule has 0 spiro atoms. The number of ether oxygens (including phenoxy) is 1. The summed E-state index contributed by atoms with van der Waals surface area (Å²) in [6.45, 7) is 0.485. The number of cyclic esters (lactones) is 1. The number of hydrogen-bond acceptors (Lipinski definition) is 2. The maximum absolute atomic E-state index is 10.7. The molecule has 0 aromatic carbocycles. The largest absolute Gasteiger partial charge is 0.447 e. The van der Waals surface area contributed by atoms with Crippen LogP contribution in [-0.2, 0) is 4.74 Å². The molecule has 1 aliphatic heterocycles. The van der Waals surface area contributed by atoms with Crippen LogP contribution in [0.25, 0.3) is 0 Å². The lowest BCUT2D eigenvalue weighted by molar-refractivity contribution is 0.177. The van der Waals surface area contributed by atoms with Crippen LogP contribution in [0.4, 0.5) is 4.79 Å². The number of nitrogens with one attached hydrogen (secondary N) is 1. The summed E-state index contributed by atoms with van der Waals surface area (Å²) < 4.78 is 4.80. The second-order valence-electron chi connectivity index (χ2n) is 2.99. The number of rotatable bonds is 1. The molecule has 0 unspecified atom stereocenters. The van der Waals surface area contributed by atoms with E-state index >= 15 is 0 Å². The van der Waals surface area contributed by atoms with Crippen LogP contribution in [-0.4, -0.2) is 18.7 Å². The standard InChI is InChI=1S/C9H11NO2/c11-9-10-8(6-12-9)7-4-2-1-3-5-7/h1-2,5,8H,3-4,6H2,(H,10,11)/t8-/m0/s1. The van der Waals surface area contributed by atoms with Crippen molar-refractivity contribution in [3.8, 4) is 0 Å². The molecule has 0 bridgehead atoms. The predicted octanol–water partition coefficient (Wildman–Crippen LogP) is 1.37. The van der Waals surface area contributed by atoms with Gasteiger partial charge in [-0.3, -0.25) is 0 Å². The third kappa shape index (κ3) is 1.35. The van der Waals surface area contributed by atoms with Gasteiger partial charge in [0.1, 0.15) is 6.61 Å². The molecule has 0 radical (unpaired) electrons. The number of allylic oxidation sites excluding steroid dienone is 3. The molecular formula is C9H11NO2. The molecule has 1 saturated heterocycles. The third-order valence-corrected chi connectivity index (χ3v) is 2.16. The summed E-state index contributed by atoms with van der Waals surface area (Å²) in [5.74, 6) is 0. The minimum absolute atomic E-state index is 0.113. The van der Waals surface area contributed by atoms with E-state index in [9.17, 15) is 4.79 Å². The summed E-state index contributed by atoms with van der Waals surface area (Å²) in [4.78, 5) is 10.7. The first-order valence-corrected chi connectivity index (χ1v) is 4.13.